The third kappa shape index (κ3) is 13.6. The number of rotatable bonds is 4. The van der Waals surface area contributed by atoms with Crippen molar-refractivity contribution in [3.05, 3.63) is 67.9 Å². The van der Waals surface area contributed by atoms with Gasteiger partial charge in [0.1, 0.15) is 18.2 Å². The topological polar surface area (TPSA) is 44.1 Å². The summed E-state index contributed by atoms with van der Waals surface area (Å²) >= 11 is 16.9. The second kappa shape index (κ2) is 18.6. The van der Waals surface area contributed by atoms with Gasteiger partial charge in [-0.05, 0) is 80.6 Å². The summed E-state index contributed by atoms with van der Waals surface area (Å²) < 4.78 is 12.8. The first kappa shape index (κ1) is 34.4. The molecule has 2 unspecified atom stereocenters. The number of hydrogen-bond acceptors (Lipinski definition) is 3. The van der Waals surface area contributed by atoms with Gasteiger partial charge in [-0.3, -0.25) is 0 Å². The van der Waals surface area contributed by atoms with Crippen LogP contribution in [0.1, 0.15) is 64.2 Å². The molecule has 1 heterocycles. The molecule has 36 heavy (non-hydrogen) atoms. The van der Waals surface area contributed by atoms with Gasteiger partial charge in [0.05, 0.1) is 15.6 Å². The number of hydrogen-bond donors (Lipinski definition) is 0. The monoisotopic (exact) mass is 556 g/mol. The van der Waals surface area contributed by atoms with E-state index in [1.807, 2.05) is 39.8 Å². The number of aldehydes is 1. The number of benzene rings is 2. The lowest BCUT2D eigenvalue weighted by Crippen LogP contribution is -2.17. The molecule has 0 radical (unpaired) electrons. The zero-order valence-corrected chi connectivity index (χ0v) is 24.8. The number of aryl methyl sites for hydroxylation is 2. The summed E-state index contributed by atoms with van der Waals surface area (Å²) in [6.07, 6.45) is 4.40. The van der Waals surface area contributed by atoms with E-state index in [0.717, 1.165) is 29.2 Å². The van der Waals surface area contributed by atoms with E-state index < -0.39 is 5.82 Å². The molecule has 0 spiro atoms. The van der Waals surface area contributed by atoms with Gasteiger partial charge in [0.2, 0.25) is 0 Å². The van der Waals surface area contributed by atoms with E-state index in [1.54, 1.807) is 12.1 Å². The van der Waals surface area contributed by atoms with Gasteiger partial charge in [-0.25, -0.2) is 4.39 Å². The van der Waals surface area contributed by atoms with Gasteiger partial charge in [-0.1, -0.05) is 81.9 Å². The van der Waals surface area contributed by atoms with Gasteiger partial charge in [0.15, 0.2) is 0 Å². The van der Waals surface area contributed by atoms with Gasteiger partial charge >= 0.3 is 0 Å². The Bertz CT molecular complexity index is 976. The molecule has 0 bridgehead atoms. The van der Waals surface area contributed by atoms with Crippen LogP contribution in [0.5, 0.6) is 0 Å². The quantitative estimate of drug-likeness (QED) is 0.278. The van der Waals surface area contributed by atoms with Crippen LogP contribution in [-0.4, -0.2) is 31.3 Å². The molecule has 7 heteroatoms. The molecular weight excluding hydrogens is 518 g/mol. The highest BCUT2D eigenvalue weighted by Crippen LogP contribution is 2.25. The molecule has 0 N–H and O–H groups in total. The first-order chi connectivity index (χ1) is 16.9. The summed E-state index contributed by atoms with van der Waals surface area (Å²) in [7, 11) is 2.22. The number of nitrogens with zero attached hydrogens (tertiary/aromatic N) is 2. The molecule has 2 aromatic carbocycles. The molecule has 0 aromatic heterocycles. The highest BCUT2D eigenvalue weighted by molar-refractivity contribution is 6.35. The summed E-state index contributed by atoms with van der Waals surface area (Å²) in [5, 5.41) is 9.61. The van der Waals surface area contributed by atoms with E-state index in [9.17, 15) is 9.18 Å². The molecule has 0 amide bonds. The number of likely N-dealkylation sites (tertiary alicyclic amines) is 1. The van der Waals surface area contributed by atoms with Gasteiger partial charge in [0.25, 0.3) is 0 Å². The Morgan fingerprint density at radius 2 is 1.72 bits per heavy atom. The zero-order chi connectivity index (χ0) is 27.8. The predicted molar refractivity (Wildman–Crippen MR) is 153 cm³/mol. The van der Waals surface area contributed by atoms with Crippen molar-refractivity contribution in [3.8, 4) is 6.07 Å². The van der Waals surface area contributed by atoms with Crippen LogP contribution in [0.4, 0.5) is 4.39 Å². The molecule has 1 saturated heterocycles. The Morgan fingerprint density at radius 1 is 1.11 bits per heavy atom. The van der Waals surface area contributed by atoms with Crippen LogP contribution in [0.25, 0.3) is 0 Å². The zero-order valence-electron chi connectivity index (χ0n) is 22.5. The SMILES string of the molecule is CC(C)C=O.CCC(C)C1CCN(C)C1.CCc1cc(F)c(Cl)cc1Cl.Cc1ccc(C#N)c(Cl)c1. The Labute approximate surface area is 232 Å². The maximum atomic E-state index is 12.8. The summed E-state index contributed by atoms with van der Waals surface area (Å²) in [5.74, 6) is 1.71. The summed E-state index contributed by atoms with van der Waals surface area (Å²) in [5.41, 5.74) is 2.39. The number of carbonyl (C=O) groups is 1. The van der Waals surface area contributed by atoms with E-state index in [4.69, 9.17) is 40.1 Å². The lowest BCUT2D eigenvalue weighted by Gasteiger charge is -2.16. The molecule has 0 aliphatic carbocycles. The standard InChI is InChI=1S/C9H19N.C8H7Cl2F.C8H6ClN.C4H8O/c1-4-8(2)9-5-6-10(3)7-9;1-2-5-3-8(11)7(10)4-6(5)9;1-6-2-3-7(5-10)8(9)4-6;1-4(2)3-5/h8-9H,4-7H2,1-3H3;3-4H,2H2,1H3;2-4H,1H3;3-4H,1-2H3. The van der Waals surface area contributed by atoms with Crippen molar-refractivity contribution in [1.29, 1.82) is 5.26 Å². The van der Waals surface area contributed by atoms with Crippen LogP contribution in [0, 0.1) is 41.8 Å². The molecule has 1 aliphatic rings. The second-order valence-corrected chi connectivity index (χ2v) is 10.6. The first-order valence-electron chi connectivity index (χ1n) is 12.3. The Kier molecular flexibility index (Phi) is 17.7. The maximum Gasteiger partial charge on any atom is 0.142 e. The molecule has 3 nitrogen and oxygen atoms in total. The molecule has 2 aromatic rings. The van der Waals surface area contributed by atoms with Crippen molar-refractivity contribution >= 4 is 41.1 Å². The van der Waals surface area contributed by atoms with Crippen LogP contribution < -0.4 is 0 Å². The Balaban J connectivity index is 0.000000468. The fourth-order valence-electron chi connectivity index (χ4n) is 3.31. The summed E-state index contributed by atoms with van der Waals surface area (Å²) in [6, 6.07) is 10.1. The molecule has 0 saturated carbocycles. The average molecular weight is 558 g/mol. The van der Waals surface area contributed by atoms with Crippen LogP contribution in [-0.2, 0) is 11.2 Å². The normalized spacial score (nSPS) is 15.4. The van der Waals surface area contributed by atoms with Crippen LogP contribution in [0.3, 0.4) is 0 Å². The highest BCUT2D eigenvalue weighted by Gasteiger charge is 2.23. The van der Waals surface area contributed by atoms with Gasteiger partial charge in [-0.15, -0.1) is 0 Å². The number of nitriles is 1. The molecule has 1 aliphatic heterocycles. The van der Waals surface area contributed by atoms with Crippen molar-refractivity contribution in [2.75, 3.05) is 20.1 Å². The van der Waals surface area contributed by atoms with Crippen LogP contribution in [0.2, 0.25) is 15.1 Å². The summed E-state index contributed by atoms with van der Waals surface area (Å²) in [6.45, 7) is 14.9. The van der Waals surface area contributed by atoms with Crippen molar-refractivity contribution in [2.24, 2.45) is 17.8 Å². The summed E-state index contributed by atoms with van der Waals surface area (Å²) in [4.78, 5) is 11.9. The van der Waals surface area contributed by atoms with Crippen molar-refractivity contribution in [1.82, 2.24) is 4.90 Å². The highest BCUT2D eigenvalue weighted by atomic mass is 35.5. The fourth-order valence-corrected chi connectivity index (χ4v) is 4.11. The maximum absolute atomic E-state index is 12.8. The number of carbonyl (C=O) groups excluding carboxylic acids is 1. The first-order valence-corrected chi connectivity index (χ1v) is 13.5. The van der Waals surface area contributed by atoms with Crippen LogP contribution >= 0.6 is 34.8 Å². The van der Waals surface area contributed by atoms with E-state index in [2.05, 4.69) is 25.8 Å². The Hall–Kier alpha value is -1.64. The van der Waals surface area contributed by atoms with Crippen molar-refractivity contribution in [2.45, 2.75) is 60.8 Å². The minimum atomic E-state index is -0.409. The lowest BCUT2D eigenvalue weighted by atomic mass is 9.91. The second-order valence-electron chi connectivity index (χ2n) is 9.38. The predicted octanol–water partition coefficient (Wildman–Crippen LogP) is 9.04. The third-order valence-electron chi connectivity index (χ3n) is 5.86. The van der Waals surface area contributed by atoms with E-state index >= 15 is 0 Å². The lowest BCUT2D eigenvalue weighted by molar-refractivity contribution is -0.110. The molecular formula is C29H40Cl3FN2O. The molecule has 1 fully saturated rings. The van der Waals surface area contributed by atoms with E-state index in [1.165, 1.54) is 38.1 Å². The minimum absolute atomic E-state index is 0.0761. The third-order valence-corrected chi connectivity index (χ3v) is 6.82. The van der Waals surface area contributed by atoms with Gasteiger partial charge in [-0.2, -0.15) is 5.26 Å². The van der Waals surface area contributed by atoms with E-state index in [-0.39, 0.29) is 10.9 Å². The van der Waals surface area contributed by atoms with E-state index in [0.29, 0.717) is 22.0 Å². The van der Waals surface area contributed by atoms with Gasteiger partial charge in [0, 0.05) is 17.5 Å². The minimum Gasteiger partial charge on any atom is -0.306 e. The van der Waals surface area contributed by atoms with Crippen LogP contribution in [0.15, 0.2) is 30.3 Å². The van der Waals surface area contributed by atoms with Crippen molar-refractivity contribution < 1.29 is 9.18 Å². The smallest absolute Gasteiger partial charge is 0.142 e. The average Bonchev–Trinajstić information content (AvgIpc) is 3.28. The molecule has 200 valence electrons. The molecule has 3 rings (SSSR count). The van der Waals surface area contributed by atoms with Gasteiger partial charge < -0.3 is 9.69 Å². The van der Waals surface area contributed by atoms with Crippen molar-refractivity contribution in [3.63, 3.8) is 0 Å². The fraction of sp³-hybridized carbons (Fsp3) is 0.517. The molecule has 2 atom stereocenters. The Morgan fingerprint density at radius 3 is 2.14 bits per heavy atom. The number of halogens is 4. The largest absolute Gasteiger partial charge is 0.306 e.